The molecule has 1 fully saturated rings. The van der Waals surface area contributed by atoms with Crippen LogP contribution in [0.1, 0.15) is 42.1 Å². The molecule has 0 saturated carbocycles. The van der Waals surface area contributed by atoms with Gasteiger partial charge in [-0.1, -0.05) is 30.4 Å². The highest BCUT2D eigenvalue weighted by Crippen LogP contribution is 2.32. The van der Waals surface area contributed by atoms with Gasteiger partial charge < -0.3 is 4.57 Å². The van der Waals surface area contributed by atoms with E-state index in [-0.39, 0.29) is 30.6 Å². The van der Waals surface area contributed by atoms with Crippen molar-refractivity contribution in [3.8, 4) is 0 Å². The number of imide groups is 1. The number of amides is 3. The summed E-state index contributed by atoms with van der Waals surface area (Å²) in [5.41, 5.74) is 2.92. The van der Waals surface area contributed by atoms with Crippen LogP contribution < -0.4 is 9.80 Å². The number of anilines is 2. The fraction of sp³-hybridized carbons (Fsp3) is 0.269. The Labute approximate surface area is 206 Å². The molecule has 8 nitrogen and oxygen atoms in total. The Kier molecular flexibility index (Phi) is 6.41. The van der Waals surface area contributed by atoms with Gasteiger partial charge >= 0.3 is 0 Å². The molecule has 9 heteroatoms. The summed E-state index contributed by atoms with van der Waals surface area (Å²) in [4.78, 5) is 49.9. The van der Waals surface area contributed by atoms with Crippen LogP contribution in [0.15, 0.2) is 61.2 Å². The number of nitrogens with zero attached hydrogens (tertiary/aromatic N) is 5. The molecule has 0 aliphatic carbocycles. The first-order chi connectivity index (χ1) is 17.0. The fourth-order valence-corrected chi connectivity index (χ4v) is 5.26. The molecule has 0 radical (unpaired) electrons. The highest BCUT2D eigenvalue weighted by atomic mass is 32.1. The molecule has 2 aromatic carbocycles. The predicted molar refractivity (Wildman–Crippen MR) is 136 cm³/mol. The zero-order valence-corrected chi connectivity index (χ0v) is 20.2. The number of imidazole rings is 1. The third-order valence-electron chi connectivity index (χ3n) is 6.09. The second kappa shape index (κ2) is 9.79. The Hall–Kier alpha value is -3.85. The zero-order chi connectivity index (χ0) is 24.4. The Bertz CT molecular complexity index is 1380. The summed E-state index contributed by atoms with van der Waals surface area (Å²) in [5, 5.41) is 0.627. The smallest absolute Gasteiger partial charge is 0.260 e. The van der Waals surface area contributed by atoms with E-state index in [9.17, 15) is 14.4 Å². The van der Waals surface area contributed by atoms with Crippen LogP contribution in [-0.2, 0) is 22.6 Å². The van der Waals surface area contributed by atoms with Gasteiger partial charge in [-0.3, -0.25) is 24.2 Å². The lowest BCUT2D eigenvalue weighted by Gasteiger charge is -2.21. The molecule has 0 unspecified atom stereocenters. The first-order valence-corrected chi connectivity index (χ1v) is 12.5. The second-order valence-electron chi connectivity index (χ2n) is 8.44. The largest absolute Gasteiger partial charge is 0.337 e. The van der Waals surface area contributed by atoms with Gasteiger partial charge in [0.05, 0.1) is 22.2 Å². The maximum absolute atomic E-state index is 13.8. The number of rotatable bonds is 8. The molecule has 0 atom stereocenters. The Balaban J connectivity index is 1.46. The van der Waals surface area contributed by atoms with Crippen LogP contribution in [0, 0.1) is 0 Å². The molecule has 1 aliphatic rings. The zero-order valence-electron chi connectivity index (χ0n) is 19.4. The van der Waals surface area contributed by atoms with Gasteiger partial charge in [0.1, 0.15) is 0 Å². The van der Waals surface area contributed by atoms with Crippen LogP contribution >= 0.6 is 11.3 Å². The van der Waals surface area contributed by atoms with Gasteiger partial charge in [0.2, 0.25) is 11.8 Å². The Morgan fingerprint density at radius 3 is 2.69 bits per heavy atom. The van der Waals surface area contributed by atoms with Crippen molar-refractivity contribution in [3.63, 3.8) is 0 Å². The third-order valence-corrected chi connectivity index (χ3v) is 7.13. The molecule has 3 heterocycles. The first-order valence-electron chi connectivity index (χ1n) is 11.7. The van der Waals surface area contributed by atoms with Crippen molar-refractivity contribution >= 4 is 50.1 Å². The van der Waals surface area contributed by atoms with E-state index in [2.05, 4.69) is 24.0 Å². The van der Waals surface area contributed by atoms with Crippen LogP contribution in [0.2, 0.25) is 0 Å². The van der Waals surface area contributed by atoms with Crippen molar-refractivity contribution in [2.75, 3.05) is 16.3 Å². The molecule has 5 rings (SSSR count). The lowest BCUT2D eigenvalue weighted by atomic mass is 10.1. The van der Waals surface area contributed by atoms with Crippen molar-refractivity contribution in [3.05, 3.63) is 72.3 Å². The van der Waals surface area contributed by atoms with Gasteiger partial charge in [-0.25, -0.2) is 9.97 Å². The van der Waals surface area contributed by atoms with Crippen LogP contribution in [0.25, 0.3) is 10.2 Å². The van der Waals surface area contributed by atoms with Crippen LogP contribution in [0.3, 0.4) is 0 Å². The number of hydrogen-bond acceptors (Lipinski definition) is 6. The van der Waals surface area contributed by atoms with E-state index >= 15 is 0 Å². The summed E-state index contributed by atoms with van der Waals surface area (Å²) in [6.45, 7) is 3.28. The van der Waals surface area contributed by atoms with Gasteiger partial charge in [-0.15, -0.1) is 0 Å². The minimum atomic E-state index is -0.241. The molecule has 2 aromatic heterocycles. The van der Waals surface area contributed by atoms with Crippen molar-refractivity contribution in [1.29, 1.82) is 0 Å². The molecule has 1 aliphatic heterocycles. The SMILES string of the molecule is CCc1ccc2nc(N(CCCn3ccnc3)C(=O)c3cccc(N4C(=O)CCC4=O)c3)sc2c1. The van der Waals surface area contributed by atoms with Crippen molar-refractivity contribution < 1.29 is 14.4 Å². The highest BCUT2D eigenvalue weighted by molar-refractivity contribution is 7.22. The lowest BCUT2D eigenvalue weighted by Crippen LogP contribution is -2.33. The third kappa shape index (κ3) is 4.72. The number of thiazole rings is 1. The molecule has 3 amide bonds. The highest BCUT2D eigenvalue weighted by Gasteiger charge is 2.31. The van der Waals surface area contributed by atoms with Crippen molar-refractivity contribution in [2.24, 2.45) is 0 Å². The summed E-state index contributed by atoms with van der Waals surface area (Å²) in [6.07, 6.45) is 7.41. The average molecular weight is 488 g/mol. The molecule has 0 N–H and O–H groups in total. The van der Waals surface area contributed by atoms with E-state index in [0.717, 1.165) is 16.6 Å². The quantitative estimate of drug-likeness (QED) is 0.343. The standard InChI is InChI=1S/C26H25N5O3S/c1-2-18-7-8-21-22(15-18)35-26(28-21)30(13-4-12-29-14-11-27-17-29)25(34)19-5-3-6-20(16-19)31-23(32)9-10-24(31)33/h3,5-8,11,14-17H,2,4,9-10,12-13H2,1H3. The van der Waals surface area contributed by atoms with E-state index in [4.69, 9.17) is 4.98 Å². The summed E-state index contributed by atoms with van der Waals surface area (Å²) >= 11 is 1.49. The lowest BCUT2D eigenvalue weighted by molar-refractivity contribution is -0.121. The Morgan fingerprint density at radius 1 is 1.11 bits per heavy atom. The number of aryl methyl sites for hydroxylation is 2. The number of carbonyl (C=O) groups is 3. The normalized spacial score (nSPS) is 13.7. The molecule has 4 aromatic rings. The number of carbonyl (C=O) groups excluding carboxylic acids is 3. The molecule has 0 bridgehead atoms. The molecular formula is C26H25N5O3S. The van der Waals surface area contributed by atoms with E-state index in [0.29, 0.717) is 35.9 Å². The van der Waals surface area contributed by atoms with Crippen molar-refractivity contribution in [2.45, 2.75) is 39.2 Å². The molecule has 0 spiro atoms. The molecule has 178 valence electrons. The minimum Gasteiger partial charge on any atom is -0.337 e. The first kappa shape index (κ1) is 22.9. The topological polar surface area (TPSA) is 88.4 Å². The van der Waals surface area contributed by atoms with Crippen LogP contribution in [-0.4, -0.2) is 38.8 Å². The van der Waals surface area contributed by atoms with E-state index in [1.165, 1.54) is 21.8 Å². The average Bonchev–Trinajstić information content (AvgIpc) is 3.61. The van der Waals surface area contributed by atoms with Crippen LogP contribution in [0.5, 0.6) is 0 Å². The summed E-state index contributed by atoms with van der Waals surface area (Å²) in [5.74, 6) is -0.698. The maximum Gasteiger partial charge on any atom is 0.260 e. The van der Waals surface area contributed by atoms with Gasteiger partial charge in [-0.05, 0) is 48.7 Å². The predicted octanol–water partition coefficient (Wildman–Crippen LogP) is 4.45. The molecule has 35 heavy (non-hydrogen) atoms. The van der Waals surface area contributed by atoms with Gasteiger partial charge in [0.25, 0.3) is 5.91 Å². The number of benzene rings is 2. The summed E-state index contributed by atoms with van der Waals surface area (Å²) in [7, 11) is 0. The van der Waals surface area contributed by atoms with Crippen LogP contribution in [0.4, 0.5) is 10.8 Å². The second-order valence-corrected chi connectivity index (χ2v) is 9.45. The fourth-order valence-electron chi connectivity index (χ4n) is 4.21. The molecular weight excluding hydrogens is 462 g/mol. The number of fused-ring (bicyclic) bond motifs is 1. The minimum absolute atomic E-state index is 0.197. The molecule has 1 saturated heterocycles. The monoisotopic (exact) mass is 487 g/mol. The summed E-state index contributed by atoms with van der Waals surface area (Å²) < 4.78 is 3.01. The number of aromatic nitrogens is 3. The maximum atomic E-state index is 13.8. The van der Waals surface area contributed by atoms with E-state index in [1.54, 1.807) is 41.7 Å². The van der Waals surface area contributed by atoms with Gasteiger partial charge in [0, 0.05) is 43.9 Å². The Morgan fingerprint density at radius 2 is 1.94 bits per heavy atom. The summed E-state index contributed by atoms with van der Waals surface area (Å²) in [6, 6.07) is 12.9. The van der Waals surface area contributed by atoms with E-state index < -0.39 is 0 Å². The van der Waals surface area contributed by atoms with Gasteiger partial charge in [-0.2, -0.15) is 0 Å². The van der Waals surface area contributed by atoms with Crippen molar-refractivity contribution in [1.82, 2.24) is 14.5 Å². The number of hydrogen-bond donors (Lipinski definition) is 0. The van der Waals surface area contributed by atoms with Gasteiger partial charge in [0.15, 0.2) is 5.13 Å². The van der Waals surface area contributed by atoms with E-state index in [1.807, 2.05) is 16.8 Å².